The molecule has 0 atom stereocenters. The lowest BCUT2D eigenvalue weighted by molar-refractivity contribution is 0.108. The zero-order chi connectivity index (χ0) is 16.1. The van der Waals surface area contributed by atoms with Crippen LogP contribution in [0.5, 0.6) is 0 Å². The van der Waals surface area contributed by atoms with E-state index in [1.807, 2.05) is 0 Å². The van der Waals surface area contributed by atoms with Crippen molar-refractivity contribution in [2.75, 3.05) is 19.4 Å². The monoisotopic (exact) mass is 340 g/mol. The molecule has 0 bridgehead atoms. The van der Waals surface area contributed by atoms with Gasteiger partial charge in [0.15, 0.2) is 0 Å². The summed E-state index contributed by atoms with van der Waals surface area (Å²) in [4.78, 5) is 25.4. The Labute approximate surface area is 140 Å². The second-order valence-corrected chi connectivity index (χ2v) is 7.36. The third-order valence-corrected chi connectivity index (χ3v) is 5.22. The van der Waals surface area contributed by atoms with Crippen molar-refractivity contribution in [2.45, 2.75) is 37.4 Å². The molecule has 120 valence electrons. The molecule has 1 fully saturated rings. The first kappa shape index (κ1) is 17.2. The summed E-state index contributed by atoms with van der Waals surface area (Å²) in [7, 11) is 3.32. The number of benzene rings is 1. The molecule has 0 aliphatic heterocycles. The lowest BCUT2D eigenvalue weighted by atomic mass is 10.0. The third-order valence-electron chi connectivity index (χ3n) is 3.67. The number of rotatable bonds is 3. The molecule has 0 radical (unpaired) electrons. The van der Waals surface area contributed by atoms with Crippen LogP contribution < -0.4 is 5.32 Å². The van der Waals surface area contributed by atoms with Crippen molar-refractivity contribution >= 4 is 40.2 Å². The fraction of sp³-hybridized carbons (Fsp3) is 0.500. The minimum absolute atomic E-state index is 0.0161. The summed E-state index contributed by atoms with van der Waals surface area (Å²) in [5, 5.41) is 3.52. The number of amides is 2. The van der Waals surface area contributed by atoms with Gasteiger partial charge < -0.3 is 10.2 Å². The third kappa shape index (κ3) is 4.65. The van der Waals surface area contributed by atoms with Gasteiger partial charge in [-0.15, -0.1) is 0 Å². The molecule has 6 heteroatoms. The molecule has 1 aromatic rings. The zero-order valence-electron chi connectivity index (χ0n) is 12.9. The first-order chi connectivity index (χ1) is 10.5. The molecule has 4 nitrogen and oxygen atoms in total. The Morgan fingerprint density at radius 3 is 2.50 bits per heavy atom. The number of hydrogen-bond donors (Lipinski definition) is 1. The smallest absolute Gasteiger partial charge is 0.321 e. The Kier molecular flexibility index (Phi) is 6.15. The summed E-state index contributed by atoms with van der Waals surface area (Å²) in [6.07, 6.45) is 5.88. The maximum Gasteiger partial charge on any atom is 0.321 e. The van der Waals surface area contributed by atoms with Crippen molar-refractivity contribution in [3.63, 3.8) is 0 Å². The van der Waals surface area contributed by atoms with Crippen LogP contribution in [0.3, 0.4) is 0 Å². The van der Waals surface area contributed by atoms with Crippen LogP contribution in [0, 0.1) is 0 Å². The average Bonchev–Trinajstić information content (AvgIpc) is 2.48. The predicted octanol–water partition coefficient (Wildman–Crippen LogP) is 4.64. The van der Waals surface area contributed by atoms with Gasteiger partial charge in [-0.05, 0) is 31.0 Å². The Bertz CT molecular complexity index is 557. The molecule has 1 N–H and O–H groups in total. The van der Waals surface area contributed by atoms with E-state index in [-0.39, 0.29) is 11.1 Å². The lowest BCUT2D eigenvalue weighted by Crippen LogP contribution is -2.27. The standard InChI is InChI=1S/C16H21ClN2O2S/c1-19(2)16(21)18-11-8-9-13(14(17)10-11)15(20)22-12-6-4-3-5-7-12/h8-10,12H,3-7H2,1-2H3,(H,18,21). The molecule has 0 heterocycles. The maximum absolute atomic E-state index is 12.4. The van der Waals surface area contributed by atoms with Crippen LogP contribution in [0.25, 0.3) is 0 Å². The number of carbonyl (C=O) groups is 2. The Balaban J connectivity index is 2.02. The van der Waals surface area contributed by atoms with Crippen molar-refractivity contribution in [2.24, 2.45) is 0 Å². The van der Waals surface area contributed by atoms with E-state index >= 15 is 0 Å². The first-order valence-corrected chi connectivity index (χ1v) is 8.72. The number of nitrogens with zero attached hydrogens (tertiary/aromatic N) is 1. The maximum atomic E-state index is 12.4. The molecule has 0 aromatic heterocycles. The second kappa shape index (κ2) is 7.88. The van der Waals surface area contributed by atoms with Crippen LogP contribution in [0.15, 0.2) is 18.2 Å². The van der Waals surface area contributed by atoms with E-state index in [0.29, 0.717) is 21.5 Å². The number of nitrogens with one attached hydrogen (secondary N) is 1. The van der Waals surface area contributed by atoms with Gasteiger partial charge in [-0.3, -0.25) is 4.79 Å². The molecule has 2 rings (SSSR count). The summed E-state index contributed by atoms with van der Waals surface area (Å²) in [6, 6.07) is 4.79. The van der Waals surface area contributed by atoms with Crippen LogP contribution in [0.1, 0.15) is 42.5 Å². The van der Waals surface area contributed by atoms with Crippen molar-refractivity contribution < 1.29 is 9.59 Å². The molecule has 1 aromatic carbocycles. The zero-order valence-corrected chi connectivity index (χ0v) is 14.5. The number of halogens is 1. The number of anilines is 1. The van der Waals surface area contributed by atoms with E-state index in [0.717, 1.165) is 12.8 Å². The Hall–Kier alpha value is -1.20. The van der Waals surface area contributed by atoms with E-state index in [9.17, 15) is 9.59 Å². The second-order valence-electron chi connectivity index (χ2n) is 5.68. The molecule has 22 heavy (non-hydrogen) atoms. The van der Waals surface area contributed by atoms with Crippen molar-refractivity contribution in [1.82, 2.24) is 4.90 Å². The van der Waals surface area contributed by atoms with Gasteiger partial charge in [0.05, 0.1) is 5.02 Å². The van der Waals surface area contributed by atoms with E-state index in [2.05, 4.69) is 5.32 Å². The normalized spacial score (nSPS) is 15.4. The highest BCUT2D eigenvalue weighted by Crippen LogP contribution is 2.32. The molecular formula is C16H21ClN2O2S. The van der Waals surface area contributed by atoms with Crippen LogP contribution in [-0.2, 0) is 0 Å². The highest BCUT2D eigenvalue weighted by molar-refractivity contribution is 8.14. The van der Waals surface area contributed by atoms with Gasteiger partial charge in [-0.25, -0.2) is 4.79 Å². The average molecular weight is 341 g/mol. The van der Waals surface area contributed by atoms with Crippen LogP contribution >= 0.6 is 23.4 Å². The van der Waals surface area contributed by atoms with Crippen molar-refractivity contribution in [3.05, 3.63) is 28.8 Å². The number of hydrogen-bond acceptors (Lipinski definition) is 3. The minimum atomic E-state index is -0.230. The van der Waals surface area contributed by atoms with Crippen molar-refractivity contribution in [1.29, 1.82) is 0 Å². The van der Waals surface area contributed by atoms with Crippen LogP contribution in [0.2, 0.25) is 5.02 Å². The molecule has 1 saturated carbocycles. The van der Waals surface area contributed by atoms with Crippen LogP contribution in [0.4, 0.5) is 10.5 Å². The SMILES string of the molecule is CN(C)C(=O)Nc1ccc(C(=O)SC2CCCCC2)c(Cl)c1. The first-order valence-electron chi connectivity index (χ1n) is 7.46. The fourth-order valence-corrected chi connectivity index (χ4v) is 3.89. The van der Waals surface area contributed by atoms with E-state index < -0.39 is 0 Å². The molecular weight excluding hydrogens is 320 g/mol. The largest absolute Gasteiger partial charge is 0.331 e. The van der Waals surface area contributed by atoms with E-state index in [1.165, 1.54) is 35.9 Å². The summed E-state index contributed by atoms with van der Waals surface area (Å²) >= 11 is 7.60. The van der Waals surface area contributed by atoms with Gasteiger partial charge in [-0.1, -0.05) is 42.6 Å². The van der Waals surface area contributed by atoms with E-state index in [1.54, 1.807) is 32.3 Å². The topological polar surface area (TPSA) is 49.4 Å². The van der Waals surface area contributed by atoms with Gasteiger partial charge in [-0.2, -0.15) is 0 Å². The van der Waals surface area contributed by atoms with E-state index in [4.69, 9.17) is 11.6 Å². The van der Waals surface area contributed by atoms with Gasteiger partial charge >= 0.3 is 6.03 Å². The van der Waals surface area contributed by atoms with Gasteiger partial charge in [0.2, 0.25) is 5.12 Å². The molecule has 0 spiro atoms. The van der Waals surface area contributed by atoms with Crippen LogP contribution in [-0.4, -0.2) is 35.4 Å². The number of urea groups is 1. The quantitative estimate of drug-likeness (QED) is 0.872. The van der Waals surface area contributed by atoms with Gasteiger partial charge in [0.1, 0.15) is 0 Å². The fourth-order valence-electron chi connectivity index (χ4n) is 2.39. The highest BCUT2D eigenvalue weighted by Gasteiger charge is 2.20. The predicted molar refractivity (Wildman–Crippen MR) is 93.0 cm³/mol. The molecule has 0 unspecified atom stereocenters. The number of thioether (sulfide) groups is 1. The molecule has 0 saturated heterocycles. The van der Waals surface area contributed by atoms with Crippen molar-refractivity contribution in [3.8, 4) is 0 Å². The lowest BCUT2D eigenvalue weighted by Gasteiger charge is -2.20. The Morgan fingerprint density at radius 2 is 1.91 bits per heavy atom. The molecule has 1 aliphatic carbocycles. The summed E-state index contributed by atoms with van der Waals surface area (Å²) < 4.78 is 0. The summed E-state index contributed by atoms with van der Waals surface area (Å²) in [5.74, 6) is 0. The number of carbonyl (C=O) groups excluding carboxylic acids is 2. The summed E-state index contributed by atoms with van der Waals surface area (Å²) in [5.41, 5.74) is 1.10. The minimum Gasteiger partial charge on any atom is -0.331 e. The molecule has 1 aliphatic rings. The highest BCUT2D eigenvalue weighted by atomic mass is 35.5. The summed E-state index contributed by atoms with van der Waals surface area (Å²) in [6.45, 7) is 0. The Morgan fingerprint density at radius 1 is 1.23 bits per heavy atom. The van der Waals surface area contributed by atoms with Gasteiger partial charge in [0, 0.05) is 30.6 Å². The van der Waals surface area contributed by atoms with Gasteiger partial charge in [0.25, 0.3) is 0 Å². The molecule has 2 amide bonds.